The zero-order valence-corrected chi connectivity index (χ0v) is 29.0. The van der Waals surface area contributed by atoms with Gasteiger partial charge in [-0.3, -0.25) is 9.36 Å². The van der Waals surface area contributed by atoms with Gasteiger partial charge in [0.2, 0.25) is 0 Å². The average molecular weight is 693 g/mol. The van der Waals surface area contributed by atoms with Crippen LogP contribution in [0.2, 0.25) is 0 Å². The topological polar surface area (TPSA) is 115 Å². The Morgan fingerprint density at radius 3 is 2.40 bits per heavy atom. The molecule has 11 heteroatoms. The van der Waals surface area contributed by atoms with E-state index >= 15 is 0 Å². The van der Waals surface area contributed by atoms with Crippen LogP contribution in [0.15, 0.2) is 106 Å². The molecule has 0 bridgehead atoms. The van der Waals surface area contributed by atoms with Gasteiger partial charge >= 0.3 is 11.9 Å². The SMILES string of the molecule is CCOC(=O)C1=C(C)N=c2s/c(=C/c3c(OCc4ccccc4)ccc4ccccc34)c(=O)n2[C@@H]1c1ccc(OCC(=O)OC)c(OCC)c1. The number of hydrogen-bond acceptors (Lipinski definition) is 10. The number of rotatable bonds is 12. The number of carbonyl (C=O) groups is 2. The lowest BCUT2D eigenvalue weighted by atomic mass is 9.95. The van der Waals surface area contributed by atoms with E-state index in [1.165, 1.54) is 23.0 Å². The molecule has 1 aliphatic rings. The van der Waals surface area contributed by atoms with Gasteiger partial charge in [-0.15, -0.1) is 0 Å². The molecule has 1 aromatic heterocycles. The van der Waals surface area contributed by atoms with Crippen molar-refractivity contribution in [1.82, 2.24) is 4.57 Å². The molecule has 0 N–H and O–H groups in total. The van der Waals surface area contributed by atoms with Gasteiger partial charge in [0.15, 0.2) is 22.9 Å². The van der Waals surface area contributed by atoms with Crippen LogP contribution in [0, 0.1) is 0 Å². The molecule has 0 unspecified atom stereocenters. The number of nitrogens with zero attached hydrogens (tertiary/aromatic N) is 2. The predicted molar refractivity (Wildman–Crippen MR) is 190 cm³/mol. The molecule has 0 spiro atoms. The minimum atomic E-state index is -0.886. The molecule has 1 aliphatic heterocycles. The fourth-order valence-corrected chi connectivity index (χ4v) is 6.83. The molecular weight excluding hydrogens is 657 g/mol. The molecule has 256 valence electrons. The Morgan fingerprint density at radius 1 is 0.880 bits per heavy atom. The number of allylic oxidation sites excluding steroid dienone is 1. The van der Waals surface area contributed by atoms with Crippen LogP contribution >= 0.6 is 11.3 Å². The van der Waals surface area contributed by atoms with E-state index in [9.17, 15) is 14.4 Å². The van der Waals surface area contributed by atoms with Gasteiger partial charge < -0.3 is 23.7 Å². The van der Waals surface area contributed by atoms with E-state index in [1.54, 1.807) is 32.0 Å². The van der Waals surface area contributed by atoms with Crippen molar-refractivity contribution >= 4 is 40.1 Å². The molecule has 50 heavy (non-hydrogen) atoms. The first kappa shape index (κ1) is 34.2. The Hall–Kier alpha value is -5.68. The van der Waals surface area contributed by atoms with Crippen molar-refractivity contribution in [3.05, 3.63) is 133 Å². The monoisotopic (exact) mass is 692 g/mol. The van der Waals surface area contributed by atoms with Crippen LogP contribution in [0.5, 0.6) is 17.2 Å². The minimum absolute atomic E-state index is 0.143. The molecule has 4 aromatic carbocycles. The van der Waals surface area contributed by atoms with Crippen LogP contribution in [-0.2, 0) is 25.7 Å². The molecule has 0 radical (unpaired) electrons. The number of hydrogen-bond donors (Lipinski definition) is 0. The first-order valence-electron chi connectivity index (χ1n) is 16.2. The summed E-state index contributed by atoms with van der Waals surface area (Å²) in [5, 5.41) is 1.92. The molecule has 0 saturated carbocycles. The summed E-state index contributed by atoms with van der Waals surface area (Å²) in [5.74, 6) is 0.146. The average Bonchev–Trinajstić information content (AvgIpc) is 3.44. The summed E-state index contributed by atoms with van der Waals surface area (Å²) in [6.45, 7) is 5.76. The zero-order valence-electron chi connectivity index (χ0n) is 28.1. The molecule has 10 nitrogen and oxygen atoms in total. The highest BCUT2D eigenvalue weighted by molar-refractivity contribution is 7.07. The third kappa shape index (κ3) is 7.04. The first-order chi connectivity index (χ1) is 24.3. The molecule has 0 amide bonds. The van der Waals surface area contributed by atoms with Crippen LogP contribution in [0.1, 0.15) is 43.5 Å². The molecule has 1 atom stereocenters. The van der Waals surface area contributed by atoms with E-state index in [-0.39, 0.29) is 24.3 Å². The third-order valence-electron chi connectivity index (χ3n) is 8.12. The van der Waals surface area contributed by atoms with E-state index in [4.69, 9.17) is 28.7 Å². The minimum Gasteiger partial charge on any atom is -0.490 e. The second-order valence-electron chi connectivity index (χ2n) is 11.3. The quantitative estimate of drug-likeness (QED) is 0.158. The van der Waals surface area contributed by atoms with Gasteiger partial charge in [0, 0.05) is 5.56 Å². The van der Waals surface area contributed by atoms with Crippen LogP contribution in [-0.4, -0.2) is 43.4 Å². The predicted octanol–water partition coefficient (Wildman–Crippen LogP) is 5.48. The Bertz CT molecular complexity index is 2270. The lowest BCUT2D eigenvalue weighted by molar-refractivity contribution is -0.143. The van der Waals surface area contributed by atoms with Crippen molar-refractivity contribution in [2.24, 2.45) is 4.99 Å². The molecule has 0 saturated heterocycles. The summed E-state index contributed by atoms with van der Waals surface area (Å²) in [5.41, 5.74) is 2.67. The highest BCUT2D eigenvalue weighted by Crippen LogP contribution is 2.37. The van der Waals surface area contributed by atoms with Crippen molar-refractivity contribution in [3.63, 3.8) is 0 Å². The summed E-state index contributed by atoms with van der Waals surface area (Å²) in [4.78, 5) is 44.9. The largest absolute Gasteiger partial charge is 0.490 e. The number of methoxy groups -OCH3 is 1. The van der Waals surface area contributed by atoms with E-state index in [1.807, 2.05) is 79.7 Å². The summed E-state index contributed by atoms with van der Waals surface area (Å²) < 4.78 is 30.0. The molecule has 5 aromatic rings. The van der Waals surface area contributed by atoms with E-state index in [0.29, 0.717) is 51.1 Å². The second-order valence-corrected chi connectivity index (χ2v) is 12.3. The Kier molecular flexibility index (Phi) is 10.4. The molecule has 2 heterocycles. The van der Waals surface area contributed by atoms with Crippen LogP contribution < -0.4 is 29.1 Å². The number of aromatic nitrogens is 1. The van der Waals surface area contributed by atoms with Crippen molar-refractivity contribution in [2.75, 3.05) is 26.9 Å². The van der Waals surface area contributed by atoms with Crippen molar-refractivity contribution < 1.29 is 33.3 Å². The van der Waals surface area contributed by atoms with Crippen LogP contribution in [0.25, 0.3) is 16.8 Å². The van der Waals surface area contributed by atoms with Gasteiger partial charge in [0.05, 0.1) is 42.2 Å². The maximum atomic E-state index is 14.5. The smallest absolute Gasteiger partial charge is 0.343 e. The molecule has 0 fully saturated rings. The maximum Gasteiger partial charge on any atom is 0.343 e. The normalized spacial score (nSPS) is 14.2. The van der Waals surface area contributed by atoms with Crippen molar-refractivity contribution in [2.45, 2.75) is 33.4 Å². The highest BCUT2D eigenvalue weighted by Gasteiger charge is 2.34. The van der Waals surface area contributed by atoms with Gasteiger partial charge in [0.1, 0.15) is 12.4 Å². The zero-order chi connectivity index (χ0) is 35.2. The molecular formula is C39H36N2O8S. The van der Waals surface area contributed by atoms with Crippen LogP contribution in [0.4, 0.5) is 0 Å². The standard InChI is InChI=1S/C39H36N2O8S/c1-5-46-32-20-27(17-19-31(32)49-23-34(42)45-4)36-35(38(44)47-6-2)24(3)40-39-41(36)37(43)33(50-39)21-29-28-15-11-10-14-26(28)16-18-30(29)48-22-25-12-8-7-9-13-25/h7-21,36H,5-6,22-23H2,1-4H3/b33-21+/t36-/m1/s1. The summed E-state index contributed by atoms with van der Waals surface area (Å²) in [7, 11) is 1.28. The third-order valence-corrected chi connectivity index (χ3v) is 9.10. The summed E-state index contributed by atoms with van der Waals surface area (Å²) >= 11 is 1.23. The number of carbonyl (C=O) groups excluding carboxylic acids is 2. The highest BCUT2D eigenvalue weighted by atomic mass is 32.1. The summed E-state index contributed by atoms with van der Waals surface area (Å²) in [6, 6.07) is 25.9. The Labute approximate surface area is 292 Å². The number of esters is 2. The fraction of sp³-hybridized carbons (Fsp3) is 0.231. The van der Waals surface area contributed by atoms with E-state index < -0.39 is 18.0 Å². The number of thiazole rings is 1. The first-order valence-corrected chi connectivity index (χ1v) is 17.0. The van der Waals surface area contributed by atoms with Gasteiger partial charge in [-0.2, -0.15) is 0 Å². The van der Waals surface area contributed by atoms with Gasteiger partial charge in [0.25, 0.3) is 5.56 Å². The Morgan fingerprint density at radius 2 is 1.64 bits per heavy atom. The van der Waals surface area contributed by atoms with Crippen molar-refractivity contribution in [3.8, 4) is 17.2 Å². The summed E-state index contributed by atoms with van der Waals surface area (Å²) in [6.07, 6.45) is 1.84. The number of ether oxygens (including phenoxy) is 5. The Balaban J connectivity index is 1.51. The maximum absolute atomic E-state index is 14.5. The molecule has 6 rings (SSSR count). The fourth-order valence-electron chi connectivity index (χ4n) is 5.80. The van der Waals surface area contributed by atoms with Gasteiger partial charge in [-0.25, -0.2) is 14.6 Å². The van der Waals surface area contributed by atoms with E-state index in [2.05, 4.69) is 0 Å². The van der Waals surface area contributed by atoms with Crippen molar-refractivity contribution in [1.29, 1.82) is 0 Å². The van der Waals surface area contributed by atoms with Crippen LogP contribution in [0.3, 0.4) is 0 Å². The lowest BCUT2D eigenvalue weighted by Gasteiger charge is -2.25. The number of benzene rings is 4. The second kappa shape index (κ2) is 15.3. The molecule has 0 aliphatic carbocycles. The van der Waals surface area contributed by atoms with Gasteiger partial charge in [-0.1, -0.05) is 78.1 Å². The number of fused-ring (bicyclic) bond motifs is 2. The van der Waals surface area contributed by atoms with Gasteiger partial charge in [-0.05, 0) is 66.9 Å². The lowest BCUT2D eigenvalue weighted by Crippen LogP contribution is -2.40. The van der Waals surface area contributed by atoms with E-state index in [0.717, 1.165) is 21.9 Å².